The fourth-order valence-corrected chi connectivity index (χ4v) is 2.56. The van der Waals surface area contributed by atoms with E-state index >= 15 is 0 Å². The third kappa shape index (κ3) is 2.21. The first-order valence-corrected chi connectivity index (χ1v) is 6.65. The van der Waals surface area contributed by atoms with Crippen molar-refractivity contribution in [2.75, 3.05) is 5.32 Å². The lowest BCUT2D eigenvalue weighted by Crippen LogP contribution is -2.19. The van der Waals surface area contributed by atoms with E-state index < -0.39 is 0 Å². The second-order valence-electron chi connectivity index (χ2n) is 4.36. The minimum absolute atomic E-state index is 0.0177. The Labute approximate surface area is 117 Å². The van der Waals surface area contributed by atoms with Crippen LogP contribution in [-0.2, 0) is 11.2 Å². The van der Waals surface area contributed by atoms with Crippen molar-refractivity contribution >= 4 is 33.3 Å². The highest BCUT2D eigenvalue weighted by Gasteiger charge is 2.19. The van der Waals surface area contributed by atoms with Crippen molar-refractivity contribution in [1.29, 1.82) is 0 Å². The topological polar surface area (TPSA) is 59.3 Å². The summed E-state index contributed by atoms with van der Waals surface area (Å²) in [5.41, 5.74) is 2.88. The quantitative estimate of drug-likeness (QED) is 0.865. The molecule has 0 atom stereocenters. The van der Waals surface area contributed by atoms with Crippen LogP contribution < -0.4 is 5.32 Å². The van der Waals surface area contributed by atoms with E-state index in [9.17, 15) is 9.59 Å². The van der Waals surface area contributed by atoms with Gasteiger partial charge in [-0.15, -0.1) is 0 Å². The zero-order valence-electron chi connectivity index (χ0n) is 9.90. The van der Waals surface area contributed by atoms with E-state index in [0.29, 0.717) is 28.6 Å². The Bertz CT molecular complexity index is 675. The molecular formula is C14H10BrNO3. The summed E-state index contributed by atoms with van der Waals surface area (Å²) in [7, 11) is 0. The number of nitrogens with one attached hydrogen (secondary N) is 1. The second kappa shape index (κ2) is 4.66. The largest absolute Gasteiger partial charge is 0.457 e. The van der Waals surface area contributed by atoms with E-state index in [-0.39, 0.29) is 11.7 Å². The minimum Gasteiger partial charge on any atom is -0.457 e. The lowest BCUT2D eigenvalue weighted by molar-refractivity contribution is -0.116. The van der Waals surface area contributed by atoms with Crippen LogP contribution in [0.25, 0.3) is 0 Å². The first-order chi connectivity index (χ1) is 9.15. The molecule has 0 saturated carbocycles. The van der Waals surface area contributed by atoms with Crippen LogP contribution in [0.15, 0.2) is 39.6 Å². The molecule has 1 aromatic heterocycles. The molecule has 0 aliphatic carbocycles. The van der Waals surface area contributed by atoms with E-state index in [4.69, 9.17) is 4.42 Å². The van der Waals surface area contributed by atoms with Crippen LogP contribution in [0.5, 0.6) is 0 Å². The normalized spacial score (nSPS) is 13.8. The van der Waals surface area contributed by atoms with Gasteiger partial charge in [0.1, 0.15) is 0 Å². The first kappa shape index (κ1) is 12.2. The molecule has 0 bridgehead atoms. The average Bonchev–Trinajstić information content (AvgIpc) is 2.83. The summed E-state index contributed by atoms with van der Waals surface area (Å²) < 4.78 is 5.51. The molecule has 1 aliphatic rings. The first-order valence-electron chi connectivity index (χ1n) is 5.85. The maximum atomic E-state index is 12.3. The molecule has 4 nitrogen and oxygen atoms in total. The summed E-state index contributed by atoms with van der Waals surface area (Å²) in [4.78, 5) is 23.6. The monoisotopic (exact) mass is 319 g/mol. The number of furan rings is 1. The van der Waals surface area contributed by atoms with Gasteiger partial charge >= 0.3 is 0 Å². The summed E-state index contributed by atoms with van der Waals surface area (Å²) in [6.45, 7) is 0. The van der Waals surface area contributed by atoms with Gasteiger partial charge in [0, 0.05) is 17.7 Å². The van der Waals surface area contributed by atoms with Gasteiger partial charge in [0.25, 0.3) is 0 Å². The van der Waals surface area contributed by atoms with E-state index in [1.165, 1.54) is 6.26 Å². The number of amides is 1. The van der Waals surface area contributed by atoms with Crippen molar-refractivity contribution < 1.29 is 14.0 Å². The Morgan fingerprint density at radius 3 is 2.84 bits per heavy atom. The molecule has 2 aromatic rings. The maximum Gasteiger partial charge on any atom is 0.224 e. The highest BCUT2D eigenvalue weighted by molar-refractivity contribution is 9.10. The van der Waals surface area contributed by atoms with E-state index in [1.807, 2.05) is 6.07 Å². The zero-order chi connectivity index (χ0) is 13.4. The van der Waals surface area contributed by atoms with Gasteiger partial charge in [-0.1, -0.05) is 0 Å². The predicted molar refractivity (Wildman–Crippen MR) is 73.2 cm³/mol. The third-order valence-corrected chi connectivity index (χ3v) is 3.74. The zero-order valence-corrected chi connectivity index (χ0v) is 11.5. The van der Waals surface area contributed by atoms with Crippen molar-refractivity contribution in [3.8, 4) is 0 Å². The van der Waals surface area contributed by atoms with Crippen LogP contribution in [0, 0.1) is 0 Å². The van der Waals surface area contributed by atoms with Crippen LogP contribution in [0.2, 0.25) is 0 Å². The molecule has 3 rings (SSSR count). The summed E-state index contributed by atoms with van der Waals surface area (Å²) in [5, 5.41) is 2.79. The van der Waals surface area contributed by atoms with Gasteiger partial charge in [0.2, 0.25) is 5.91 Å². The number of rotatable bonds is 2. The number of anilines is 1. The summed E-state index contributed by atoms with van der Waals surface area (Å²) >= 11 is 3.20. The van der Waals surface area contributed by atoms with E-state index in [1.54, 1.807) is 18.2 Å². The van der Waals surface area contributed by atoms with Crippen molar-refractivity contribution in [3.63, 3.8) is 0 Å². The van der Waals surface area contributed by atoms with Gasteiger partial charge in [-0.05, 0) is 52.2 Å². The Kier molecular flexibility index (Phi) is 2.98. The number of benzene rings is 1. The van der Waals surface area contributed by atoms with Gasteiger partial charge < -0.3 is 9.73 Å². The van der Waals surface area contributed by atoms with Crippen LogP contribution >= 0.6 is 15.9 Å². The number of aryl methyl sites for hydroxylation is 1. The van der Waals surface area contributed by atoms with Gasteiger partial charge in [-0.25, -0.2) is 0 Å². The Hall–Kier alpha value is -1.88. The number of carbonyl (C=O) groups excluding carboxylic acids is 2. The van der Waals surface area contributed by atoms with Crippen LogP contribution in [-0.4, -0.2) is 11.7 Å². The number of hydrogen-bond donors (Lipinski definition) is 1. The summed E-state index contributed by atoms with van der Waals surface area (Å²) in [6, 6.07) is 6.95. The maximum absolute atomic E-state index is 12.3. The van der Waals surface area contributed by atoms with Gasteiger partial charge in [0.15, 0.2) is 10.5 Å². The SMILES string of the molecule is O=C1CCc2cc(C(=O)c3ccoc3Br)ccc2N1. The molecule has 0 spiro atoms. The molecule has 1 N–H and O–H groups in total. The van der Waals surface area contributed by atoms with Crippen LogP contribution in [0.4, 0.5) is 5.69 Å². The molecule has 19 heavy (non-hydrogen) atoms. The smallest absolute Gasteiger partial charge is 0.224 e. The molecule has 1 amide bonds. The minimum atomic E-state index is -0.0969. The third-order valence-electron chi connectivity index (χ3n) is 3.13. The number of ketones is 1. The fourth-order valence-electron chi connectivity index (χ4n) is 2.14. The Balaban J connectivity index is 1.97. The number of hydrogen-bond acceptors (Lipinski definition) is 3. The van der Waals surface area contributed by atoms with Gasteiger partial charge in [0.05, 0.1) is 11.8 Å². The lowest BCUT2D eigenvalue weighted by Gasteiger charge is -2.17. The van der Waals surface area contributed by atoms with E-state index in [0.717, 1.165) is 11.3 Å². The highest BCUT2D eigenvalue weighted by Crippen LogP contribution is 2.26. The van der Waals surface area contributed by atoms with Crippen molar-refractivity contribution in [3.05, 3.63) is 51.9 Å². The fraction of sp³-hybridized carbons (Fsp3) is 0.143. The van der Waals surface area contributed by atoms with Gasteiger partial charge in [-0.2, -0.15) is 0 Å². The van der Waals surface area contributed by atoms with Gasteiger partial charge in [-0.3, -0.25) is 9.59 Å². The second-order valence-corrected chi connectivity index (χ2v) is 5.08. The number of carbonyl (C=O) groups is 2. The molecule has 0 radical (unpaired) electrons. The highest BCUT2D eigenvalue weighted by atomic mass is 79.9. The average molecular weight is 320 g/mol. The van der Waals surface area contributed by atoms with E-state index in [2.05, 4.69) is 21.2 Å². The predicted octanol–water partition coefficient (Wildman–Crippen LogP) is 3.16. The summed E-state index contributed by atoms with van der Waals surface area (Å²) in [5.74, 6) is -0.0792. The molecular weight excluding hydrogens is 310 g/mol. The Morgan fingerprint density at radius 2 is 2.11 bits per heavy atom. The molecule has 5 heteroatoms. The van der Waals surface area contributed by atoms with Crippen molar-refractivity contribution in [1.82, 2.24) is 0 Å². The molecule has 2 heterocycles. The van der Waals surface area contributed by atoms with Crippen molar-refractivity contribution in [2.45, 2.75) is 12.8 Å². The lowest BCUT2D eigenvalue weighted by atomic mass is 9.97. The molecule has 1 aliphatic heterocycles. The summed E-state index contributed by atoms with van der Waals surface area (Å²) in [6.07, 6.45) is 2.59. The molecule has 0 unspecified atom stereocenters. The Morgan fingerprint density at radius 1 is 1.26 bits per heavy atom. The number of halogens is 1. The van der Waals surface area contributed by atoms with Crippen LogP contribution in [0.3, 0.4) is 0 Å². The molecule has 0 fully saturated rings. The van der Waals surface area contributed by atoms with Crippen LogP contribution in [0.1, 0.15) is 27.9 Å². The molecule has 0 saturated heterocycles. The number of fused-ring (bicyclic) bond motifs is 1. The standard InChI is InChI=1S/C14H10BrNO3/c15-14-10(5-6-19-14)13(18)9-1-3-11-8(7-9)2-4-12(17)16-11/h1,3,5-7H,2,4H2,(H,16,17). The molecule has 1 aromatic carbocycles. The molecule has 96 valence electrons. The van der Waals surface area contributed by atoms with Crippen molar-refractivity contribution in [2.24, 2.45) is 0 Å².